The third-order valence-corrected chi connectivity index (χ3v) is 3.03. The number of rotatable bonds is 8. The van der Waals surface area contributed by atoms with E-state index in [2.05, 4.69) is 17.1 Å². The Morgan fingerprint density at radius 1 is 1.33 bits per heavy atom. The van der Waals surface area contributed by atoms with Crippen LogP contribution in [-0.4, -0.2) is 27.8 Å². The quantitative estimate of drug-likeness (QED) is 0.804. The summed E-state index contributed by atoms with van der Waals surface area (Å²) in [6.45, 7) is 2.86. The maximum Gasteiger partial charge on any atom is 0.305 e. The number of carboxylic acid groups (broad SMARTS) is 1. The van der Waals surface area contributed by atoms with Crippen LogP contribution in [-0.2, 0) is 17.8 Å². The smallest absolute Gasteiger partial charge is 0.305 e. The first kappa shape index (κ1) is 15.0. The Balaban J connectivity index is 2.09. The number of aliphatic carboxylic acids is 1. The Kier molecular flexibility index (Phi) is 5.31. The molecule has 0 amide bonds. The molecule has 0 unspecified atom stereocenters. The maximum absolute atomic E-state index is 10.8. The molecule has 1 aromatic heterocycles. The van der Waals surface area contributed by atoms with Gasteiger partial charge in [-0.2, -0.15) is 4.98 Å². The van der Waals surface area contributed by atoms with Crippen LogP contribution in [0.1, 0.15) is 31.5 Å². The predicted octanol–water partition coefficient (Wildman–Crippen LogP) is 2.50. The lowest BCUT2D eigenvalue weighted by Gasteiger charge is -2.22. The summed E-state index contributed by atoms with van der Waals surface area (Å²) in [5.74, 6) is 0.375. The van der Waals surface area contributed by atoms with Crippen molar-refractivity contribution < 1.29 is 14.4 Å². The van der Waals surface area contributed by atoms with E-state index in [-0.39, 0.29) is 6.42 Å². The average Bonchev–Trinajstić information content (AvgIpc) is 2.92. The molecule has 0 radical (unpaired) electrons. The van der Waals surface area contributed by atoms with Crippen LogP contribution < -0.4 is 4.90 Å². The van der Waals surface area contributed by atoms with E-state index in [1.54, 1.807) is 0 Å². The Hall–Kier alpha value is -2.37. The first-order valence-electron chi connectivity index (χ1n) is 7.02. The zero-order valence-corrected chi connectivity index (χ0v) is 12.0. The van der Waals surface area contributed by atoms with E-state index in [0.717, 1.165) is 18.5 Å². The second-order valence-corrected chi connectivity index (χ2v) is 4.76. The summed E-state index contributed by atoms with van der Waals surface area (Å²) >= 11 is 0. The topological polar surface area (TPSA) is 79.5 Å². The fourth-order valence-electron chi connectivity index (χ4n) is 2.01. The standard InChI is InChI=1S/C15H19N3O3/c1-2-6-13-16-14(21-17-13)11-18(10-9-15(19)20)12-7-4-3-5-8-12/h3-5,7-8H,2,6,9-11H2,1H3,(H,19,20). The normalized spacial score (nSPS) is 10.5. The number of hydrogen-bond acceptors (Lipinski definition) is 5. The molecule has 0 fully saturated rings. The number of anilines is 1. The Bertz CT molecular complexity index is 569. The molecule has 2 rings (SSSR count). The monoisotopic (exact) mass is 289 g/mol. The van der Waals surface area contributed by atoms with Crippen molar-refractivity contribution in [2.45, 2.75) is 32.7 Å². The molecule has 21 heavy (non-hydrogen) atoms. The van der Waals surface area contributed by atoms with E-state index in [1.165, 1.54) is 0 Å². The fraction of sp³-hybridized carbons (Fsp3) is 0.400. The molecular formula is C15H19N3O3. The van der Waals surface area contributed by atoms with Gasteiger partial charge in [0.25, 0.3) is 0 Å². The number of para-hydroxylation sites is 1. The molecule has 0 atom stereocenters. The Morgan fingerprint density at radius 3 is 2.76 bits per heavy atom. The molecule has 2 aromatic rings. The molecule has 1 heterocycles. The first-order valence-corrected chi connectivity index (χ1v) is 7.02. The van der Waals surface area contributed by atoms with Crippen molar-refractivity contribution in [1.82, 2.24) is 10.1 Å². The number of carbonyl (C=O) groups is 1. The lowest BCUT2D eigenvalue weighted by atomic mass is 10.2. The molecule has 1 aromatic carbocycles. The summed E-state index contributed by atoms with van der Waals surface area (Å²) in [6, 6.07) is 9.63. The number of carboxylic acids is 1. The van der Waals surface area contributed by atoms with Gasteiger partial charge in [-0.3, -0.25) is 4.79 Å². The van der Waals surface area contributed by atoms with Crippen molar-refractivity contribution in [2.75, 3.05) is 11.4 Å². The number of hydrogen-bond donors (Lipinski definition) is 1. The second kappa shape index (κ2) is 7.42. The summed E-state index contributed by atoms with van der Waals surface area (Å²) in [5, 5.41) is 12.8. The zero-order valence-electron chi connectivity index (χ0n) is 12.0. The summed E-state index contributed by atoms with van der Waals surface area (Å²) in [7, 11) is 0. The van der Waals surface area contributed by atoms with Gasteiger partial charge in [0.1, 0.15) is 0 Å². The molecule has 0 saturated heterocycles. The van der Waals surface area contributed by atoms with Gasteiger partial charge >= 0.3 is 5.97 Å². The van der Waals surface area contributed by atoms with E-state index in [1.807, 2.05) is 35.2 Å². The highest BCUT2D eigenvalue weighted by molar-refractivity contribution is 5.67. The predicted molar refractivity (Wildman–Crippen MR) is 78.0 cm³/mol. The zero-order chi connectivity index (χ0) is 15.1. The van der Waals surface area contributed by atoms with Crippen LogP contribution in [0.25, 0.3) is 0 Å². The van der Waals surface area contributed by atoms with Crippen LogP contribution in [0, 0.1) is 0 Å². The van der Waals surface area contributed by atoms with E-state index in [4.69, 9.17) is 9.63 Å². The molecule has 0 bridgehead atoms. The van der Waals surface area contributed by atoms with Gasteiger partial charge in [-0.05, 0) is 18.6 Å². The van der Waals surface area contributed by atoms with Gasteiger partial charge in [0.2, 0.25) is 5.89 Å². The summed E-state index contributed by atoms with van der Waals surface area (Å²) < 4.78 is 5.23. The number of aryl methyl sites for hydroxylation is 1. The highest BCUT2D eigenvalue weighted by atomic mass is 16.5. The third kappa shape index (κ3) is 4.59. The van der Waals surface area contributed by atoms with Crippen molar-refractivity contribution in [3.8, 4) is 0 Å². The highest BCUT2D eigenvalue weighted by Gasteiger charge is 2.13. The minimum absolute atomic E-state index is 0.0604. The van der Waals surface area contributed by atoms with Gasteiger partial charge in [-0.25, -0.2) is 0 Å². The molecule has 1 N–H and O–H groups in total. The highest BCUT2D eigenvalue weighted by Crippen LogP contribution is 2.16. The Labute approximate surface area is 123 Å². The van der Waals surface area contributed by atoms with Crippen molar-refractivity contribution >= 4 is 11.7 Å². The average molecular weight is 289 g/mol. The molecule has 6 heteroatoms. The van der Waals surface area contributed by atoms with Crippen LogP contribution in [0.2, 0.25) is 0 Å². The molecule has 112 valence electrons. The maximum atomic E-state index is 10.8. The van der Waals surface area contributed by atoms with Gasteiger partial charge < -0.3 is 14.5 Å². The minimum atomic E-state index is -0.826. The van der Waals surface area contributed by atoms with Crippen molar-refractivity contribution in [3.63, 3.8) is 0 Å². The Morgan fingerprint density at radius 2 is 2.10 bits per heavy atom. The number of aromatic nitrogens is 2. The van der Waals surface area contributed by atoms with Crippen molar-refractivity contribution in [3.05, 3.63) is 42.0 Å². The minimum Gasteiger partial charge on any atom is -0.481 e. The summed E-state index contributed by atoms with van der Waals surface area (Å²) in [5.41, 5.74) is 0.939. The third-order valence-electron chi connectivity index (χ3n) is 3.03. The molecule has 0 aliphatic heterocycles. The van der Waals surface area contributed by atoms with E-state index in [0.29, 0.717) is 24.8 Å². The molecule has 0 spiro atoms. The summed E-state index contributed by atoms with van der Waals surface area (Å²) in [4.78, 5) is 17.1. The lowest BCUT2D eigenvalue weighted by Crippen LogP contribution is -2.25. The second-order valence-electron chi connectivity index (χ2n) is 4.76. The van der Waals surface area contributed by atoms with E-state index >= 15 is 0 Å². The lowest BCUT2D eigenvalue weighted by molar-refractivity contribution is -0.136. The van der Waals surface area contributed by atoms with Crippen LogP contribution >= 0.6 is 0 Å². The SMILES string of the molecule is CCCc1noc(CN(CCC(=O)O)c2ccccc2)n1. The van der Waals surface area contributed by atoms with Crippen LogP contribution in [0.15, 0.2) is 34.9 Å². The van der Waals surface area contributed by atoms with E-state index < -0.39 is 5.97 Å². The number of benzene rings is 1. The fourth-order valence-corrected chi connectivity index (χ4v) is 2.01. The number of nitrogens with zero attached hydrogens (tertiary/aromatic N) is 3. The molecule has 6 nitrogen and oxygen atoms in total. The van der Waals surface area contributed by atoms with Gasteiger partial charge in [0, 0.05) is 18.7 Å². The molecule has 0 aliphatic carbocycles. The summed E-state index contributed by atoms with van der Waals surface area (Å²) in [6.07, 6.45) is 1.80. The van der Waals surface area contributed by atoms with Crippen molar-refractivity contribution in [2.24, 2.45) is 0 Å². The molecule has 0 saturated carbocycles. The largest absolute Gasteiger partial charge is 0.481 e. The van der Waals surface area contributed by atoms with Crippen LogP contribution in [0.3, 0.4) is 0 Å². The molecular weight excluding hydrogens is 270 g/mol. The van der Waals surface area contributed by atoms with Gasteiger partial charge in [0.15, 0.2) is 5.82 Å². The van der Waals surface area contributed by atoms with Gasteiger partial charge in [-0.1, -0.05) is 30.3 Å². The van der Waals surface area contributed by atoms with Crippen LogP contribution in [0.4, 0.5) is 5.69 Å². The van der Waals surface area contributed by atoms with Crippen LogP contribution in [0.5, 0.6) is 0 Å². The van der Waals surface area contributed by atoms with Gasteiger partial charge in [-0.15, -0.1) is 0 Å². The van der Waals surface area contributed by atoms with E-state index in [9.17, 15) is 4.79 Å². The van der Waals surface area contributed by atoms with Crippen molar-refractivity contribution in [1.29, 1.82) is 0 Å². The first-order chi connectivity index (χ1) is 10.2. The molecule has 0 aliphatic rings. The van der Waals surface area contributed by atoms with Gasteiger partial charge in [0.05, 0.1) is 13.0 Å².